The van der Waals surface area contributed by atoms with Crippen molar-refractivity contribution >= 4 is 33.2 Å². The zero-order valence-electron chi connectivity index (χ0n) is 11.4. The van der Waals surface area contributed by atoms with Crippen molar-refractivity contribution in [2.24, 2.45) is 0 Å². The van der Waals surface area contributed by atoms with Crippen LogP contribution in [0.15, 0.2) is 46.3 Å². The highest BCUT2D eigenvalue weighted by atomic mass is 79.9. The van der Waals surface area contributed by atoms with Crippen LogP contribution in [0, 0.1) is 0 Å². The predicted octanol–water partition coefficient (Wildman–Crippen LogP) is 4.71. The summed E-state index contributed by atoms with van der Waals surface area (Å²) < 4.78 is 1.15. The number of carbonyl (C=O) groups is 1. The molecule has 2 aromatic rings. The largest absolute Gasteiger partial charge is 0.350 e. The minimum absolute atomic E-state index is 0.0691. The van der Waals surface area contributed by atoms with E-state index in [2.05, 4.69) is 33.4 Å². The fraction of sp³-hybridized carbons (Fsp3) is 0.312. The smallest absolute Gasteiger partial charge is 0.220 e. The maximum absolute atomic E-state index is 11.9. The molecule has 1 unspecified atom stereocenters. The summed E-state index contributed by atoms with van der Waals surface area (Å²) in [6.45, 7) is 2.02. The molecule has 1 amide bonds. The molecule has 1 heterocycles. The van der Waals surface area contributed by atoms with Crippen molar-refractivity contribution < 1.29 is 4.79 Å². The predicted molar refractivity (Wildman–Crippen MR) is 88.0 cm³/mol. The molecule has 0 spiro atoms. The lowest BCUT2D eigenvalue weighted by Gasteiger charge is -2.14. The molecule has 1 aromatic carbocycles. The number of aryl methyl sites for hydroxylation is 1. The third kappa shape index (κ3) is 4.76. The number of nitrogens with one attached hydrogen (secondary N) is 1. The van der Waals surface area contributed by atoms with Gasteiger partial charge in [0.05, 0.1) is 9.83 Å². The number of hydrogen-bond donors (Lipinski definition) is 1. The molecule has 0 aliphatic heterocycles. The molecule has 0 radical (unpaired) electrons. The SMILES string of the molecule is CC(NC(=O)CCCc1ccc(Br)s1)c1ccccc1. The lowest BCUT2D eigenvalue weighted by Crippen LogP contribution is -2.26. The lowest BCUT2D eigenvalue weighted by molar-refractivity contribution is -0.121. The fourth-order valence-corrected chi connectivity index (χ4v) is 3.57. The summed E-state index contributed by atoms with van der Waals surface area (Å²) in [5, 5.41) is 3.04. The van der Waals surface area contributed by atoms with Crippen LogP contribution < -0.4 is 5.32 Å². The van der Waals surface area contributed by atoms with Gasteiger partial charge in [-0.2, -0.15) is 0 Å². The van der Waals surface area contributed by atoms with Gasteiger partial charge in [-0.1, -0.05) is 30.3 Å². The molecule has 20 heavy (non-hydrogen) atoms. The van der Waals surface area contributed by atoms with Crippen molar-refractivity contribution in [1.82, 2.24) is 5.32 Å². The summed E-state index contributed by atoms with van der Waals surface area (Å²) in [5.41, 5.74) is 1.14. The summed E-state index contributed by atoms with van der Waals surface area (Å²) in [7, 11) is 0. The van der Waals surface area contributed by atoms with Crippen molar-refractivity contribution in [2.45, 2.75) is 32.2 Å². The van der Waals surface area contributed by atoms with Gasteiger partial charge < -0.3 is 5.32 Å². The van der Waals surface area contributed by atoms with Gasteiger partial charge in [-0.3, -0.25) is 4.79 Å². The molecule has 1 aromatic heterocycles. The van der Waals surface area contributed by atoms with Crippen molar-refractivity contribution in [3.8, 4) is 0 Å². The first-order chi connectivity index (χ1) is 9.65. The summed E-state index contributed by atoms with van der Waals surface area (Å²) in [5.74, 6) is 0.122. The number of amides is 1. The highest BCUT2D eigenvalue weighted by Crippen LogP contribution is 2.23. The summed E-state index contributed by atoms with van der Waals surface area (Å²) in [4.78, 5) is 13.2. The number of carbonyl (C=O) groups excluding carboxylic acids is 1. The molecule has 1 N–H and O–H groups in total. The molecule has 0 saturated heterocycles. The molecule has 2 rings (SSSR count). The first-order valence-electron chi connectivity index (χ1n) is 6.73. The van der Waals surface area contributed by atoms with Gasteiger partial charge in [0.1, 0.15) is 0 Å². The number of hydrogen-bond acceptors (Lipinski definition) is 2. The average Bonchev–Trinajstić information content (AvgIpc) is 2.85. The monoisotopic (exact) mass is 351 g/mol. The number of halogens is 1. The Labute approximate surface area is 132 Å². The highest BCUT2D eigenvalue weighted by Gasteiger charge is 2.09. The van der Waals surface area contributed by atoms with Crippen LogP contribution in [0.2, 0.25) is 0 Å². The van der Waals surface area contributed by atoms with Gasteiger partial charge in [0, 0.05) is 11.3 Å². The zero-order chi connectivity index (χ0) is 14.4. The van der Waals surface area contributed by atoms with Gasteiger partial charge in [-0.25, -0.2) is 0 Å². The van der Waals surface area contributed by atoms with Crippen LogP contribution in [0.4, 0.5) is 0 Å². The second-order valence-corrected chi connectivity index (χ2v) is 7.31. The second kappa shape index (κ2) is 7.60. The third-order valence-electron chi connectivity index (χ3n) is 3.13. The van der Waals surface area contributed by atoms with Crippen LogP contribution in [0.1, 0.15) is 36.2 Å². The van der Waals surface area contributed by atoms with E-state index in [0.717, 1.165) is 22.2 Å². The Bertz CT molecular complexity index is 553. The Balaban J connectivity index is 1.73. The summed E-state index contributed by atoms with van der Waals surface area (Å²) in [6.07, 6.45) is 2.43. The molecular formula is C16H18BrNOS. The van der Waals surface area contributed by atoms with E-state index in [1.807, 2.05) is 37.3 Å². The van der Waals surface area contributed by atoms with Gasteiger partial charge in [-0.05, 0) is 53.4 Å². The van der Waals surface area contributed by atoms with E-state index in [0.29, 0.717) is 6.42 Å². The third-order valence-corrected chi connectivity index (χ3v) is 4.82. The molecular weight excluding hydrogens is 334 g/mol. The van der Waals surface area contributed by atoms with Gasteiger partial charge >= 0.3 is 0 Å². The minimum atomic E-state index is 0.0691. The van der Waals surface area contributed by atoms with E-state index in [1.54, 1.807) is 11.3 Å². The van der Waals surface area contributed by atoms with Crippen LogP contribution in [0.25, 0.3) is 0 Å². The van der Waals surface area contributed by atoms with Crippen LogP contribution in [0.3, 0.4) is 0 Å². The maximum atomic E-state index is 11.9. The first-order valence-corrected chi connectivity index (χ1v) is 8.34. The molecule has 2 nitrogen and oxygen atoms in total. The first kappa shape index (κ1) is 15.3. The fourth-order valence-electron chi connectivity index (χ4n) is 2.05. The standard InChI is InChI=1S/C16H18BrNOS/c1-12(13-6-3-2-4-7-13)18-16(19)9-5-8-14-10-11-15(17)20-14/h2-4,6-7,10-12H,5,8-9H2,1H3,(H,18,19). The Morgan fingerprint density at radius 1 is 1.25 bits per heavy atom. The Hall–Kier alpha value is -1.13. The van der Waals surface area contributed by atoms with Crippen LogP contribution in [0.5, 0.6) is 0 Å². The van der Waals surface area contributed by atoms with Gasteiger partial charge in [-0.15, -0.1) is 11.3 Å². The zero-order valence-corrected chi connectivity index (χ0v) is 13.8. The van der Waals surface area contributed by atoms with E-state index >= 15 is 0 Å². The topological polar surface area (TPSA) is 29.1 Å². The van der Waals surface area contributed by atoms with Crippen molar-refractivity contribution in [3.63, 3.8) is 0 Å². The molecule has 0 aliphatic rings. The minimum Gasteiger partial charge on any atom is -0.350 e. The molecule has 0 fully saturated rings. The van der Waals surface area contributed by atoms with Gasteiger partial charge in [0.2, 0.25) is 5.91 Å². The lowest BCUT2D eigenvalue weighted by atomic mass is 10.1. The average molecular weight is 352 g/mol. The molecule has 0 aliphatic carbocycles. The summed E-state index contributed by atoms with van der Waals surface area (Å²) in [6, 6.07) is 14.3. The van der Waals surface area contributed by atoms with E-state index in [4.69, 9.17) is 0 Å². The Morgan fingerprint density at radius 2 is 2.00 bits per heavy atom. The number of benzene rings is 1. The number of rotatable bonds is 6. The molecule has 0 saturated carbocycles. The van der Waals surface area contributed by atoms with E-state index in [-0.39, 0.29) is 11.9 Å². The summed E-state index contributed by atoms with van der Waals surface area (Å²) >= 11 is 5.19. The molecule has 4 heteroatoms. The van der Waals surface area contributed by atoms with Crippen LogP contribution in [-0.2, 0) is 11.2 Å². The Morgan fingerprint density at radius 3 is 2.65 bits per heavy atom. The number of thiophene rings is 1. The van der Waals surface area contributed by atoms with E-state index < -0.39 is 0 Å². The van der Waals surface area contributed by atoms with E-state index in [1.165, 1.54) is 4.88 Å². The van der Waals surface area contributed by atoms with Crippen LogP contribution >= 0.6 is 27.3 Å². The van der Waals surface area contributed by atoms with Crippen molar-refractivity contribution in [2.75, 3.05) is 0 Å². The highest BCUT2D eigenvalue weighted by molar-refractivity contribution is 9.11. The quantitative estimate of drug-likeness (QED) is 0.801. The van der Waals surface area contributed by atoms with Gasteiger partial charge in [0.25, 0.3) is 0 Å². The normalized spacial score (nSPS) is 12.1. The van der Waals surface area contributed by atoms with Crippen molar-refractivity contribution in [3.05, 3.63) is 56.7 Å². The Kier molecular flexibility index (Phi) is 5.80. The van der Waals surface area contributed by atoms with E-state index in [9.17, 15) is 4.79 Å². The van der Waals surface area contributed by atoms with Gasteiger partial charge in [0.15, 0.2) is 0 Å². The maximum Gasteiger partial charge on any atom is 0.220 e. The van der Waals surface area contributed by atoms with Crippen molar-refractivity contribution in [1.29, 1.82) is 0 Å². The van der Waals surface area contributed by atoms with Crippen LogP contribution in [-0.4, -0.2) is 5.91 Å². The second-order valence-electron chi connectivity index (χ2n) is 4.76. The molecule has 106 valence electrons. The molecule has 0 bridgehead atoms. The molecule has 1 atom stereocenters.